The molecule has 1 unspecified atom stereocenters. The molecule has 2 aromatic carbocycles. The molecule has 4 rings (SSSR count). The fourth-order valence-corrected chi connectivity index (χ4v) is 5.05. The van der Waals surface area contributed by atoms with Crippen molar-refractivity contribution >= 4 is 11.8 Å². The molecule has 2 aromatic rings. The van der Waals surface area contributed by atoms with E-state index >= 15 is 0 Å². The van der Waals surface area contributed by atoms with Crippen LogP contribution in [0, 0.1) is 11.3 Å². The zero-order chi connectivity index (χ0) is 23.6. The minimum absolute atomic E-state index is 0.120. The van der Waals surface area contributed by atoms with Crippen LogP contribution in [0.25, 0.3) is 11.1 Å². The van der Waals surface area contributed by atoms with Crippen molar-refractivity contribution in [1.29, 1.82) is 0 Å². The van der Waals surface area contributed by atoms with Crippen molar-refractivity contribution in [3.63, 3.8) is 0 Å². The van der Waals surface area contributed by atoms with Crippen LogP contribution in [0.1, 0.15) is 56.7 Å². The Kier molecular flexibility index (Phi) is 6.59. The van der Waals surface area contributed by atoms with Crippen molar-refractivity contribution in [2.24, 2.45) is 11.3 Å². The second-order valence-electron chi connectivity index (χ2n) is 10.4. The van der Waals surface area contributed by atoms with Gasteiger partial charge in [0.15, 0.2) is 0 Å². The number of carbonyl (C=O) groups is 2. The molecule has 1 heterocycles. The second-order valence-corrected chi connectivity index (χ2v) is 10.4. The lowest BCUT2D eigenvalue weighted by molar-refractivity contribution is -0.134. The van der Waals surface area contributed by atoms with E-state index in [4.69, 9.17) is 5.21 Å². The molecule has 6 nitrogen and oxygen atoms in total. The van der Waals surface area contributed by atoms with Gasteiger partial charge in [-0.15, -0.1) is 0 Å². The Balaban J connectivity index is 1.53. The van der Waals surface area contributed by atoms with Gasteiger partial charge in [0.2, 0.25) is 11.8 Å². The number of hydrogen-bond acceptors (Lipinski definition) is 4. The monoisotopic (exact) mass is 449 g/mol. The molecule has 0 spiro atoms. The van der Waals surface area contributed by atoms with Gasteiger partial charge in [0.05, 0.1) is 5.54 Å². The molecule has 6 heteroatoms. The first-order valence-electron chi connectivity index (χ1n) is 11.9. The van der Waals surface area contributed by atoms with Crippen molar-refractivity contribution in [3.05, 3.63) is 59.2 Å². The summed E-state index contributed by atoms with van der Waals surface area (Å²) in [6.07, 6.45) is 3.90. The van der Waals surface area contributed by atoms with Gasteiger partial charge < -0.3 is 10.6 Å². The molecule has 0 bridgehead atoms. The maximum atomic E-state index is 13.1. The third-order valence-electron chi connectivity index (χ3n) is 7.51. The molecule has 1 atom stereocenters. The number of nitrogens with one attached hydrogen (secondary N) is 3. The van der Waals surface area contributed by atoms with E-state index in [-0.39, 0.29) is 23.1 Å². The number of aryl methyl sites for hydroxylation is 1. The summed E-state index contributed by atoms with van der Waals surface area (Å²) in [5, 5.41) is 15.6. The Labute approximate surface area is 196 Å². The smallest absolute Gasteiger partial charge is 0.246 e. The molecule has 0 radical (unpaired) electrons. The number of fused-ring (bicyclic) bond motifs is 1. The van der Waals surface area contributed by atoms with Crippen molar-refractivity contribution in [1.82, 2.24) is 16.1 Å². The Morgan fingerprint density at radius 1 is 1.06 bits per heavy atom. The van der Waals surface area contributed by atoms with Crippen LogP contribution in [0.15, 0.2) is 42.5 Å². The molecule has 2 amide bonds. The number of amides is 2. The van der Waals surface area contributed by atoms with E-state index in [1.165, 1.54) is 5.56 Å². The van der Waals surface area contributed by atoms with Crippen LogP contribution >= 0.6 is 0 Å². The lowest BCUT2D eigenvalue weighted by atomic mass is 9.79. The summed E-state index contributed by atoms with van der Waals surface area (Å²) in [5.74, 6) is -0.363. The van der Waals surface area contributed by atoms with Gasteiger partial charge in [-0.05, 0) is 92.9 Å². The van der Waals surface area contributed by atoms with Gasteiger partial charge in [-0.3, -0.25) is 14.8 Å². The molecule has 4 N–H and O–H groups in total. The summed E-state index contributed by atoms with van der Waals surface area (Å²) in [5.41, 5.74) is 6.71. The number of hydrogen-bond donors (Lipinski definition) is 4. The van der Waals surface area contributed by atoms with E-state index in [0.717, 1.165) is 61.0 Å². The topological polar surface area (TPSA) is 90.5 Å². The molecular weight excluding hydrogens is 414 g/mol. The average molecular weight is 450 g/mol. The van der Waals surface area contributed by atoms with Gasteiger partial charge in [-0.1, -0.05) is 43.3 Å². The van der Waals surface area contributed by atoms with E-state index in [1.54, 1.807) is 5.48 Å². The third-order valence-corrected chi connectivity index (χ3v) is 7.51. The van der Waals surface area contributed by atoms with E-state index in [0.29, 0.717) is 6.42 Å². The largest absolute Gasteiger partial charge is 0.347 e. The lowest BCUT2D eigenvalue weighted by Gasteiger charge is -2.37. The zero-order valence-electron chi connectivity index (χ0n) is 19.8. The van der Waals surface area contributed by atoms with Gasteiger partial charge >= 0.3 is 0 Å². The Morgan fingerprint density at radius 2 is 1.79 bits per heavy atom. The van der Waals surface area contributed by atoms with Gasteiger partial charge in [0.25, 0.3) is 0 Å². The van der Waals surface area contributed by atoms with Crippen LogP contribution in [-0.4, -0.2) is 30.1 Å². The molecule has 0 aromatic heterocycles. The van der Waals surface area contributed by atoms with Crippen molar-refractivity contribution in [2.45, 2.75) is 58.4 Å². The summed E-state index contributed by atoms with van der Waals surface area (Å²) < 4.78 is 0. The van der Waals surface area contributed by atoms with Gasteiger partial charge in [-0.25, -0.2) is 5.48 Å². The fourth-order valence-electron chi connectivity index (χ4n) is 5.05. The van der Waals surface area contributed by atoms with E-state index in [2.05, 4.69) is 67.8 Å². The van der Waals surface area contributed by atoms with Crippen LogP contribution in [0.4, 0.5) is 0 Å². The van der Waals surface area contributed by atoms with Crippen LogP contribution in [0.3, 0.4) is 0 Å². The molecule has 0 saturated carbocycles. The van der Waals surface area contributed by atoms with E-state index < -0.39 is 5.54 Å². The molecule has 176 valence electrons. The SMILES string of the molecule is CC1(C(=O)NC(C)(C)c2cccc(-c3ccc4c(c3)CCC(C(=O)NO)C4)c2)CCNCC1. The van der Waals surface area contributed by atoms with Crippen LogP contribution < -0.4 is 16.1 Å². The number of piperidine rings is 1. The molecule has 2 aliphatic rings. The number of carbonyl (C=O) groups excluding carboxylic acids is 2. The first-order valence-corrected chi connectivity index (χ1v) is 11.9. The number of rotatable bonds is 5. The van der Waals surface area contributed by atoms with Gasteiger partial charge in [0, 0.05) is 11.3 Å². The van der Waals surface area contributed by atoms with Crippen molar-refractivity contribution in [2.75, 3.05) is 13.1 Å². The van der Waals surface area contributed by atoms with E-state index in [9.17, 15) is 9.59 Å². The fraction of sp³-hybridized carbons (Fsp3) is 0.481. The minimum atomic E-state index is -0.486. The normalized spacial score (nSPS) is 19.9. The molecule has 1 saturated heterocycles. The summed E-state index contributed by atoms with van der Waals surface area (Å²) >= 11 is 0. The highest BCUT2D eigenvalue weighted by Crippen LogP contribution is 2.33. The summed E-state index contributed by atoms with van der Waals surface area (Å²) in [4.78, 5) is 24.9. The maximum Gasteiger partial charge on any atom is 0.246 e. The van der Waals surface area contributed by atoms with Crippen LogP contribution in [0.2, 0.25) is 0 Å². The number of hydroxylamine groups is 1. The van der Waals surface area contributed by atoms with Crippen molar-refractivity contribution < 1.29 is 14.8 Å². The number of benzene rings is 2. The molecule has 33 heavy (non-hydrogen) atoms. The predicted molar refractivity (Wildman–Crippen MR) is 129 cm³/mol. The predicted octanol–water partition coefficient (Wildman–Crippen LogP) is 3.70. The highest BCUT2D eigenvalue weighted by atomic mass is 16.5. The van der Waals surface area contributed by atoms with Crippen LogP contribution in [-0.2, 0) is 28.0 Å². The van der Waals surface area contributed by atoms with Gasteiger partial charge in [-0.2, -0.15) is 0 Å². The molecule has 1 aliphatic carbocycles. The summed E-state index contributed by atoms with van der Waals surface area (Å²) in [7, 11) is 0. The minimum Gasteiger partial charge on any atom is -0.347 e. The highest BCUT2D eigenvalue weighted by molar-refractivity contribution is 5.83. The van der Waals surface area contributed by atoms with Crippen LogP contribution in [0.5, 0.6) is 0 Å². The highest BCUT2D eigenvalue weighted by Gasteiger charge is 2.37. The van der Waals surface area contributed by atoms with Gasteiger partial charge in [0.1, 0.15) is 0 Å². The second kappa shape index (κ2) is 9.27. The van der Waals surface area contributed by atoms with E-state index in [1.807, 2.05) is 6.07 Å². The average Bonchev–Trinajstić information content (AvgIpc) is 2.83. The third kappa shape index (κ3) is 4.97. The first-order chi connectivity index (χ1) is 15.7. The molecule has 1 fully saturated rings. The Bertz CT molecular complexity index is 1040. The first kappa shape index (κ1) is 23.5. The summed E-state index contributed by atoms with van der Waals surface area (Å²) in [6.45, 7) is 7.95. The maximum absolute atomic E-state index is 13.1. The van der Waals surface area contributed by atoms with Crippen molar-refractivity contribution in [3.8, 4) is 11.1 Å². The Morgan fingerprint density at radius 3 is 2.52 bits per heavy atom. The summed E-state index contributed by atoms with van der Waals surface area (Å²) in [6, 6.07) is 14.8. The Hall–Kier alpha value is -2.70. The lowest BCUT2D eigenvalue weighted by Crippen LogP contribution is -2.51. The molecule has 1 aliphatic heterocycles. The standard InChI is InChI=1S/C27H35N3O3/c1-26(2,29-25(32)27(3)11-13-28-14-12-27)23-6-4-5-18(17-23)19-7-8-21-16-22(24(31)30-33)10-9-20(21)15-19/h4-8,15,17,22,28,33H,9-14,16H2,1-3H3,(H,29,32)(H,30,31). The molecular formula is C27H35N3O3. The zero-order valence-corrected chi connectivity index (χ0v) is 19.8. The quantitative estimate of drug-likeness (QED) is 0.414.